The van der Waals surface area contributed by atoms with E-state index in [1.807, 2.05) is 13.0 Å². The molecular formula is C11H11ClN4. The number of halogens is 1. The molecule has 0 aliphatic carbocycles. The number of rotatable bonds is 3. The van der Waals surface area contributed by atoms with Crippen LogP contribution in [0, 0.1) is 6.92 Å². The molecule has 4 nitrogen and oxygen atoms in total. The molecule has 0 saturated heterocycles. The maximum atomic E-state index is 5.77. The van der Waals surface area contributed by atoms with Crippen LogP contribution in [0.3, 0.4) is 0 Å². The summed E-state index contributed by atoms with van der Waals surface area (Å²) in [6.07, 6.45) is 5.16. The standard InChI is InChI=1S/C11H11ClN4/c1-8-5-15-10(6-14-8)7-16-9-2-3-13-11(12)4-9/h2-6H,7H2,1H3,(H,13,16). The van der Waals surface area contributed by atoms with Crippen LogP contribution in [0.25, 0.3) is 0 Å². The first-order valence-electron chi connectivity index (χ1n) is 4.87. The van der Waals surface area contributed by atoms with E-state index in [1.165, 1.54) is 0 Å². The van der Waals surface area contributed by atoms with Gasteiger partial charge in [-0.2, -0.15) is 0 Å². The van der Waals surface area contributed by atoms with E-state index in [1.54, 1.807) is 24.7 Å². The van der Waals surface area contributed by atoms with Gasteiger partial charge in [-0.25, -0.2) is 4.98 Å². The summed E-state index contributed by atoms with van der Waals surface area (Å²) in [4.78, 5) is 12.3. The average molecular weight is 235 g/mol. The first kappa shape index (κ1) is 10.8. The molecular weight excluding hydrogens is 224 g/mol. The van der Waals surface area contributed by atoms with Crippen molar-refractivity contribution >= 4 is 17.3 Å². The summed E-state index contributed by atoms with van der Waals surface area (Å²) in [6.45, 7) is 2.53. The third-order valence-corrected chi connectivity index (χ3v) is 2.24. The Hall–Kier alpha value is -1.68. The molecule has 1 N–H and O–H groups in total. The van der Waals surface area contributed by atoms with E-state index in [0.29, 0.717) is 11.7 Å². The van der Waals surface area contributed by atoms with Crippen LogP contribution < -0.4 is 5.32 Å². The number of pyridine rings is 1. The Balaban J connectivity index is 1.99. The molecule has 0 aliphatic rings. The second-order valence-electron chi connectivity index (χ2n) is 3.37. The van der Waals surface area contributed by atoms with E-state index < -0.39 is 0 Å². The summed E-state index contributed by atoms with van der Waals surface area (Å²) in [5, 5.41) is 3.67. The van der Waals surface area contributed by atoms with E-state index in [9.17, 15) is 0 Å². The molecule has 0 saturated carbocycles. The van der Waals surface area contributed by atoms with Crippen LogP contribution in [0.5, 0.6) is 0 Å². The minimum absolute atomic E-state index is 0.472. The van der Waals surface area contributed by atoms with Gasteiger partial charge >= 0.3 is 0 Å². The lowest BCUT2D eigenvalue weighted by Crippen LogP contribution is -2.02. The summed E-state index contributed by atoms with van der Waals surface area (Å²) < 4.78 is 0. The Morgan fingerprint density at radius 3 is 2.81 bits per heavy atom. The molecule has 2 rings (SSSR count). The van der Waals surface area contributed by atoms with Gasteiger partial charge in [0.2, 0.25) is 0 Å². The quantitative estimate of drug-likeness (QED) is 0.829. The van der Waals surface area contributed by atoms with Crippen molar-refractivity contribution in [3.8, 4) is 0 Å². The van der Waals surface area contributed by atoms with E-state index in [2.05, 4.69) is 20.3 Å². The third-order valence-electron chi connectivity index (χ3n) is 2.03. The first-order chi connectivity index (χ1) is 7.74. The van der Waals surface area contributed by atoms with Crippen LogP contribution >= 0.6 is 11.6 Å². The van der Waals surface area contributed by atoms with Crippen molar-refractivity contribution in [3.63, 3.8) is 0 Å². The molecule has 0 aromatic carbocycles. The number of anilines is 1. The van der Waals surface area contributed by atoms with Gasteiger partial charge in [-0.05, 0) is 19.1 Å². The minimum Gasteiger partial charge on any atom is -0.379 e. The van der Waals surface area contributed by atoms with Crippen molar-refractivity contribution in [2.45, 2.75) is 13.5 Å². The van der Waals surface area contributed by atoms with Gasteiger partial charge < -0.3 is 5.32 Å². The van der Waals surface area contributed by atoms with Gasteiger partial charge in [0.05, 0.1) is 24.1 Å². The summed E-state index contributed by atoms with van der Waals surface area (Å²) >= 11 is 5.77. The largest absolute Gasteiger partial charge is 0.379 e. The SMILES string of the molecule is Cc1cnc(CNc2ccnc(Cl)c2)cn1. The smallest absolute Gasteiger partial charge is 0.131 e. The lowest BCUT2D eigenvalue weighted by atomic mass is 10.3. The highest BCUT2D eigenvalue weighted by atomic mass is 35.5. The highest BCUT2D eigenvalue weighted by Gasteiger charge is 1.97. The molecule has 82 valence electrons. The number of aromatic nitrogens is 3. The molecule has 5 heteroatoms. The summed E-state index contributed by atoms with van der Waals surface area (Å²) in [5.41, 5.74) is 2.72. The molecule has 0 atom stereocenters. The zero-order valence-corrected chi connectivity index (χ0v) is 9.57. The van der Waals surface area contributed by atoms with Crippen molar-refractivity contribution < 1.29 is 0 Å². The van der Waals surface area contributed by atoms with Crippen LogP contribution in [0.15, 0.2) is 30.7 Å². The number of hydrogen-bond acceptors (Lipinski definition) is 4. The Bertz CT molecular complexity index is 470. The van der Waals surface area contributed by atoms with Crippen molar-refractivity contribution in [2.24, 2.45) is 0 Å². The molecule has 0 unspecified atom stereocenters. The van der Waals surface area contributed by atoms with E-state index in [0.717, 1.165) is 17.1 Å². The second-order valence-corrected chi connectivity index (χ2v) is 3.76. The maximum Gasteiger partial charge on any atom is 0.131 e. The van der Waals surface area contributed by atoms with Gasteiger partial charge in [0.15, 0.2) is 0 Å². The molecule has 0 fully saturated rings. The average Bonchev–Trinajstić information content (AvgIpc) is 2.28. The summed E-state index contributed by atoms with van der Waals surface area (Å²) in [7, 11) is 0. The number of aryl methyl sites for hydroxylation is 1. The molecule has 0 amide bonds. The molecule has 0 aliphatic heterocycles. The Kier molecular flexibility index (Phi) is 3.31. The van der Waals surface area contributed by atoms with Crippen LogP contribution in [0.1, 0.15) is 11.4 Å². The fourth-order valence-electron chi connectivity index (χ4n) is 1.22. The number of nitrogens with one attached hydrogen (secondary N) is 1. The van der Waals surface area contributed by atoms with Crippen LogP contribution in [0.4, 0.5) is 5.69 Å². The molecule has 2 aromatic heterocycles. The minimum atomic E-state index is 0.472. The molecule has 16 heavy (non-hydrogen) atoms. The fourth-order valence-corrected chi connectivity index (χ4v) is 1.39. The predicted octanol–water partition coefficient (Wildman–Crippen LogP) is 2.45. The van der Waals surface area contributed by atoms with Crippen molar-refractivity contribution in [3.05, 3.63) is 47.3 Å². The molecule has 2 heterocycles. The zero-order valence-electron chi connectivity index (χ0n) is 8.81. The normalized spacial score (nSPS) is 10.1. The molecule has 0 spiro atoms. The van der Waals surface area contributed by atoms with Crippen molar-refractivity contribution in [2.75, 3.05) is 5.32 Å². The van der Waals surface area contributed by atoms with E-state index in [-0.39, 0.29) is 0 Å². The van der Waals surface area contributed by atoms with Gasteiger partial charge in [-0.3, -0.25) is 9.97 Å². The van der Waals surface area contributed by atoms with Crippen molar-refractivity contribution in [1.82, 2.24) is 15.0 Å². The zero-order chi connectivity index (χ0) is 11.4. The number of hydrogen-bond donors (Lipinski definition) is 1. The molecule has 0 radical (unpaired) electrons. The van der Waals surface area contributed by atoms with Gasteiger partial charge in [-0.1, -0.05) is 11.6 Å². The van der Waals surface area contributed by atoms with Crippen LogP contribution in [0.2, 0.25) is 5.15 Å². The Morgan fingerprint density at radius 2 is 2.12 bits per heavy atom. The lowest BCUT2D eigenvalue weighted by Gasteiger charge is -2.05. The second kappa shape index (κ2) is 4.90. The van der Waals surface area contributed by atoms with Crippen molar-refractivity contribution in [1.29, 1.82) is 0 Å². The van der Waals surface area contributed by atoms with Crippen LogP contribution in [-0.4, -0.2) is 15.0 Å². The van der Waals surface area contributed by atoms with Gasteiger partial charge in [0.1, 0.15) is 5.15 Å². The highest BCUT2D eigenvalue weighted by Crippen LogP contribution is 2.12. The van der Waals surface area contributed by atoms with E-state index >= 15 is 0 Å². The topological polar surface area (TPSA) is 50.7 Å². The monoisotopic (exact) mass is 234 g/mol. The molecule has 2 aromatic rings. The predicted molar refractivity (Wildman–Crippen MR) is 63.3 cm³/mol. The van der Waals surface area contributed by atoms with Gasteiger partial charge in [0.25, 0.3) is 0 Å². The highest BCUT2D eigenvalue weighted by molar-refractivity contribution is 6.29. The lowest BCUT2D eigenvalue weighted by molar-refractivity contribution is 0.984. The Morgan fingerprint density at radius 1 is 1.25 bits per heavy atom. The first-order valence-corrected chi connectivity index (χ1v) is 5.25. The summed E-state index contributed by atoms with van der Waals surface area (Å²) in [6, 6.07) is 3.62. The van der Waals surface area contributed by atoms with Crippen LogP contribution in [-0.2, 0) is 6.54 Å². The van der Waals surface area contributed by atoms with E-state index in [4.69, 9.17) is 11.6 Å². The van der Waals surface area contributed by atoms with Gasteiger partial charge in [-0.15, -0.1) is 0 Å². The summed E-state index contributed by atoms with van der Waals surface area (Å²) in [5.74, 6) is 0. The Labute approximate surface area is 98.7 Å². The molecule has 0 bridgehead atoms. The third kappa shape index (κ3) is 2.90. The number of nitrogens with zero attached hydrogens (tertiary/aromatic N) is 3. The fraction of sp³-hybridized carbons (Fsp3) is 0.182. The maximum absolute atomic E-state index is 5.77. The van der Waals surface area contributed by atoms with Gasteiger partial charge in [0, 0.05) is 18.1 Å².